The molecule has 0 fully saturated rings. The standard InChI is InChI=1S/C16H15/c1-3-12-5-7-16-14(9-12)10-13-8-11(2)4-6-15(13)16/h4-7,9H,3,10H2,1-2H3. The van der Waals surface area contributed by atoms with E-state index in [-0.39, 0.29) is 0 Å². The highest BCUT2D eigenvalue weighted by Crippen LogP contribution is 2.37. The van der Waals surface area contributed by atoms with Gasteiger partial charge in [-0.05, 0) is 59.2 Å². The van der Waals surface area contributed by atoms with Gasteiger partial charge in [-0.25, -0.2) is 0 Å². The summed E-state index contributed by atoms with van der Waals surface area (Å²) in [5, 5.41) is 0. The summed E-state index contributed by atoms with van der Waals surface area (Å²) in [7, 11) is 0. The molecule has 0 bridgehead atoms. The van der Waals surface area contributed by atoms with E-state index < -0.39 is 0 Å². The first-order valence-electron chi connectivity index (χ1n) is 5.92. The van der Waals surface area contributed by atoms with E-state index in [4.69, 9.17) is 0 Å². The molecule has 1 radical (unpaired) electrons. The molecule has 0 saturated heterocycles. The predicted molar refractivity (Wildman–Crippen MR) is 67.6 cm³/mol. The maximum atomic E-state index is 3.47. The summed E-state index contributed by atoms with van der Waals surface area (Å²) >= 11 is 0. The maximum Gasteiger partial charge on any atom is -0.000708 e. The Bertz CT molecular complexity index is 550. The van der Waals surface area contributed by atoms with Crippen molar-refractivity contribution in [1.29, 1.82) is 0 Å². The van der Waals surface area contributed by atoms with Crippen molar-refractivity contribution in [2.75, 3.05) is 0 Å². The van der Waals surface area contributed by atoms with E-state index in [1.807, 2.05) is 0 Å². The van der Waals surface area contributed by atoms with E-state index in [9.17, 15) is 0 Å². The number of hydrogen-bond acceptors (Lipinski definition) is 0. The minimum atomic E-state index is 1.06. The summed E-state index contributed by atoms with van der Waals surface area (Å²) in [5.41, 5.74) is 8.29. The summed E-state index contributed by atoms with van der Waals surface area (Å²) in [5.74, 6) is 0. The highest BCUT2D eigenvalue weighted by molar-refractivity contribution is 5.77. The second-order valence-electron chi connectivity index (χ2n) is 4.56. The van der Waals surface area contributed by atoms with Crippen LogP contribution in [0, 0.1) is 13.0 Å². The van der Waals surface area contributed by atoms with Crippen LogP contribution in [0.2, 0.25) is 0 Å². The molecule has 0 saturated carbocycles. The fourth-order valence-electron chi connectivity index (χ4n) is 2.51. The van der Waals surface area contributed by atoms with Gasteiger partial charge in [0.2, 0.25) is 0 Å². The quantitative estimate of drug-likeness (QED) is 0.567. The molecule has 0 aliphatic heterocycles. The molecule has 2 aromatic rings. The van der Waals surface area contributed by atoms with E-state index in [1.165, 1.54) is 33.4 Å². The zero-order valence-electron chi connectivity index (χ0n) is 9.80. The fourth-order valence-corrected chi connectivity index (χ4v) is 2.51. The number of fused-ring (bicyclic) bond motifs is 3. The Morgan fingerprint density at radius 1 is 1.12 bits per heavy atom. The second-order valence-corrected chi connectivity index (χ2v) is 4.56. The van der Waals surface area contributed by atoms with Crippen LogP contribution in [-0.2, 0) is 12.8 Å². The van der Waals surface area contributed by atoms with Crippen LogP contribution < -0.4 is 0 Å². The molecule has 16 heavy (non-hydrogen) atoms. The molecule has 3 rings (SSSR count). The van der Waals surface area contributed by atoms with Gasteiger partial charge in [0.05, 0.1) is 0 Å². The van der Waals surface area contributed by atoms with Crippen molar-refractivity contribution in [2.45, 2.75) is 26.7 Å². The zero-order valence-corrected chi connectivity index (χ0v) is 9.80. The Labute approximate surface area is 96.9 Å². The Balaban J connectivity index is 2.16. The molecule has 0 heterocycles. The van der Waals surface area contributed by atoms with E-state index in [0.29, 0.717) is 0 Å². The van der Waals surface area contributed by atoms with Crippen LogP contribution in [0.3, 0.4) is 0 Å². The van der Waals surface area contributed by atoms with Crippen molar-refractivity contribution < 1.29 is 0 Å². The molecule has 0 unspecified atom stereocenters. The monoisotopic (exact) mass is 207 g/mol. The Morgan fingerprint density at radius 3 is 2.75 bits per heavy atom. The second kappa shape index (κ2) is 3.48. The van der Waals surface area contributed by atoms with Gasteiger partial charge < -0.3 is 0 Å². The van der Waals surface area contributed by atoms with Gasteiger partial charge in [-0.15, -0.1) is 0 Å². The van der Waals surface area contributed by atoms with E-state index in [1.54, 1.807) is 0 Å². The zero-order chi connectivity index (χ0) is 11.1. The van der Waals surface area contributed by atoms with Crippen LogP contribution in [0.25, 0.3) is 11.1 Å². The lowest BCUT2D eigenvalue weighted by Gasteiger charge is -2.03. The van der Waals surface area contributed by atoms with Gasteiger partial charge in [0, 0.05) is 0 Å². The largest absolute Gasteiger partial charge is 0.0613 e. The topological polar surface area (TPSA) is 0 Å². The van der Waals surface area contributed by atoms with E-state index >= 15 is 0 Å². The number of hydrogen-bond donors (Lipinski definition) is 0. The van der Waals surface area contributed by atoms with Crippen molar-refractivity contribution in [3.05, 3.63) is 58.7 Å². The smallest absolute Gasteiger partial charge is 0.000708 e. The third kappa shape index (κ3) is 1.37. The maximum absolute atomic E-state index is 3.47. The molecule has 0 spiro atoms. The first-order chi connectivity index (χ1) is 7.78. The Hall–Kier alpha value is -1.56. The van der Waals surface area contributed by atoms with Crippen LogP contribution in [0.4, 0.5) is 0 Å². The summed E-state index contributed by atoms with van der Waals surface area (Å²) in [6, 6.07) is 14.7. The summed E-state index contributed by atoms with van der Waals surface area (Å²) in [4.78, 5) is 0. The molecule has 0 amide bonds. The van der Waals surface area contributed by atoms with Gasteiger partial charge in [0.25, 0.3) is 0 Å². The molecule has 1 aliphatic rings. The predicted octanol–water partition coefficient (Wildman–Crippen LogP) is 3.93. The van der Waals surface area contributed by atoms with Gasteiger partial charge in [-0.1, -0.05) is 37.3 Å². The van der Waals surface area contributed by atoms with Crippen LogP contribution >= 0.6 is 0 Å². The molecule has 0 N–H and O–H groups in total. The SMILES string of the molecule is CCc1ccc2c(c1)Cc1[c]c(C)ccc1-2. The summed E-state index contributed by atoms with van der Waals surface area (Å²) in [6.07, 6.45) is 2.17. The first kappa shape index (κ1) is 9.65. The van der Waals surface area contributed by atoms with Gasteiger partial charge in [-0.2, -0.15) is 0 Å². The van der Waals surface area contributed by atoms with Crippen LogP contribution in [0.5, 0.6) is 0 Å². The van der Waals surface area contributed by atoms with E-state index in [2.05, 4.69) is 50.2 Å². The third-order valence-electron chi connectivity index (χ3n) is 3.41. The average molecular weight is 207 g/mol. The van der Waals surface area contributed by atoms with Gasteiger partial charge in [0.1, 0.15) is 0 Å². The molecular weight excluding hydrogens is 192 g/mol. The van der Waals surface area contributed by atoms with Gasteiger partial charge >= 0.3 is 0 Å². The average Bonchev–Trinajstić information content (AvgIpc) is 2.64. The van der Waals surface area contributed by atoms with Crippen molar-refractivity contribution in [2.24, 2.45) is 0 Å². The molecule has 0 heteroatoms. The third-order valence-corrected chi connectivity index (χ3v) is 3.41. The van der Waals surface area contributed by atoms with Crippen LogP contribution in [-0.4, -0.2) is 0 Å². The first-order valence-corrected chi connectivity index (χ1v) is 5.92. The van der Waals surface area contributed by atoms with Crippen molar-refractivity contribution >= 4 is 0 Å². The van der Waals surface area contributed by atoms with Crippen molar-refractivity contribution in [3.8, 4) is 11.1 Å². The minimum Gasteiger partial charge on any atom is -0.0613 e. The number of rotatable bonds is 1. The van der Waals surface area contributed by atoms with Gasteiger partial charge in [0.15, 0.2) is 0 Å². The number of benzene rings is 2. The lowest BCUT2D eigenvalue weighted by molar-refractivity contribution is 1.12. The molecule has 79 valence electrons. The van der Waals surface area contributed by atoms with Crippen molar-refractivity contribution in [1.82, 2.24) is 0 Å². The fraction of sp³-hybridized carbons (Fsp3) is 0.250. The van der Waals surface area contributed by atoms with Crippen molar-refractivity contribution in [3.63, 3.8) is 0 Å². The molecule has 0 aromatic heterocycles. The molecular formula is C16H15. The highest BCUT2D eigenvalue weighted by Gasteiger charge is 2.18. The Morgan fingerprint density at radius 2 is 1.94 bits per heavy atom. The molecule has 0 nitrogen and oxygen atoms in total. The van der Waals surface area contributed by atoms with Crippen LogP contribution in [0.1, 0.15) is 29.2 Å². The van der Waals surface area contributed by atoms with E-state index in [0.717, 1.165) is 12.8 Å². The molecule has 0 atom stereocenters. The summed E-state index contributed by atoms with van der Waals surface area (Å²) in [6.45, 7) is 4.32. The highest BCUT2D eigenvalue weighted by atomic mass is 14.2. The minimum absolute atomic E-state index is 1.06. The van der Waals surface area contributed by atoms with Crippen LogP contribution in [0.15, 0.2) is 30.3 Å². The summed E-state index contributed by atoms with van der Waals surface area (Å²) < 4.78 is 0. The lowest BCUT2D eigenvalue weighted by Crippen LogP contribution is -1.85. The Kier molecular flexibility index (Phi) is 2.10. The number of aryl methyl sites for hydroxylation is 2. The normalized spacial score (nSPS) is 12.4. The van der Waals surface area contributed by atoms with Gasteiger partial charge in [-0.3, -0.25) is 0 Å². The lowest BCUT2D eigenvalue weighted by atomic mass is 10.0. The molecule has 2 aromatic carbocycles. The molecule has 1 aliphatic carbocycles.